The van der Waals surface area contributed by atoms with Crippen molar-refractivity contribution in [2.45, 2.75) is 25.7 Å². The van der Waals surface area contributed by atoms with E-state index in [9.17, 15) is 0 Å². The van der Waals surface area contributed by atoms with Gasteiger partial charge in [-0.1, -0.05) is 6.07 Å². The fraction of sp³-hybridized carbons (Fsp3) is 0.400. The van der Waals surface area contributed by atoms with Crippen molar-refractivity contribution in [3.05, 3.63) is 54.5 Å². The van der Waals surface area contributed by atoms with Gasteiger partial charge in [-0.3, -0.25) is 4.57 Å². The van der Waals surface area contributed by atoms with E-state index in [-0.39, 0.29) is 0 Å². The maximum Gasteiger partial charge on any atom is 0.140 e. The van der Waals surface area contributed by atoms with Crippen LogP contribution in [0.2, 0.25) is 0 Å². The maximum atomic E-state index is 4.85. The minimum absolute atomic E-state index is 0.659. The Kier molecular flexibility index (Phi) is 3.99. The number of imidazole rings is 1. The predicted molar refractivity (Wildman–Crippen MR) is 105 cm³/mol. The van der Waals surface area contributed by atoms with Crippen LogP contribution in [0.4, 0.5) is 11.6 Å². The zero-order valence-electron chi connectivity index (χ0n) is 15.5. The van der Waals surface area contributed by atoms with Gasteiger partial charge in [-0.25, -0.2) is 19.9 Å². The standard InChI is InChI=1S/C20H23N7/c1-15-21-7-8-27(15)19-4-2-3-18(24-19)25-9-11-26(12-10-25)20-13-17(16-5-6-16)22-14-23-20/h2-4,7-8,13-14,16H,5-6,9-12H2,1H3. The Morgan fingerprint density at radius 1 is 0.889 bits per heavy atom. The third-order valence-electron chi connectivity index (χ3n) is 5.39. The highest BCUT2D eigenvalue weighted by Crippen LogP contribution is 2.39. The van der Waals surface area contributed by atoms with Crippen LogP contribution in [0.3, 0.4) is 0 Å². The predicted octanol–water partition coefficient (Wildman–Crippen LogP) is 2.57. The van der Waals surface area contributed by atoms with E-state index in [2.05, 4.69) is 43.0 Å². The first kappa shape index (κ1) is 16.2. The van der Waals surface area contributed by atoms with Crippen LogP contribution in [0.15, 0.2) is 43.0 Å². The number of piperazine rings is 1. The average Bonchev–Trinajstić information content (AvgIpc) is 3.49. The summed E-state index contributed by atoms with van der Waals surface area (Å²) < 4.78 is 2.01. The number of hydrogen-bond donors (Lipinski definition) is 0. The highest BCUT2D eigenvalue weighted by atomic mass is 15.3. The second kappa shape index (κ2) is 6.64. The largest absolute Gasteiger partial charge is 0.353 e. The number of aryl methyl sites for hydroxylation is 1. The van der Waals surface area contributed by atoms with Gasteiger partial charge >= 0.3 is 0 Å². The van der Waals surface area contributed by atoms with Crippen LogP contribution in [-0.2, 0) is 0 Å². The molecule has 4 heterocycles. The molecule has 0 aromatic carbocycles. The molecule has 1 saturated carbocycles. The summed E-state index contributed by atoms with van der Waals surface area (Å²) in [6.45, 7) is 5.74. The van der Waals surface area contributed by atoms with Crippen molar-refractivity contribution in [2.24, 2.45) is 0 Å². The quantitative estimate of drug-likeness (QED) is 0.712. The molecule has 27 heavy (non-hydrogen) atoms. The Morgan fingerprint density at radius 2 is 1.63 bits per heavy atom. The molecule has 5 rings (SSSR count). The molecule has 0 radical (unpaired) electrons. The van der Waals surface area contributed by atoms with Gasteiger partial charge in [0.2, 0.25) is 0 Å². The normalized spacial score (nSPS) is 17.4. The third-order valence-corrected chi connectivity index (χ3v) is 5.39. The monoisotopic (exact) mass is 361 g/mol. The fourth-order valence-electron chi connectivity index (χ4n) is 3.64. The van der Waals surface area contributed by atoms with E-state index in [1.807, 2.05) is 23.8 Å². The van der Waals surface area contributed by atoms with Gasteiger partial charge in [0, 0.05) is 56.3 Å². The van der Waals surface area contributed by atoms with Crippen LogP contribution in [-0.4, -0.2) is 50.7 Å². The van der Waals surface area contributed by atoms with E-state index in [0.717, 1.165) is 49.5 Å². The molecular weight excluding hydrogens is 338 g/mol. The number of pyridine rings is 1. The summed E-state index contributed by atoms with van der Waals surface area (Å²) in [5, 5.41) is 0. The molecule has 3 aromatic heterocycles. The van der Waals surface area contributed by atoms with E-state index in [1.54, 1.807) is 12.5 Å². The summed E-state index contributed by atoms with van der Waals surface area (Å²) >= 11 is 0. The molecule has 0 amide bonds. The molecule has 0 atom stereocenters. The van der Waals surface area contributed by atoms with Crippen LogP contribution >= 0.6 is 0 Å². The van der Waals surface area contributed by atoms with Crippen LogP contribution < -0.4 is 9.80 Å². The smallest absolute Gasteiger partial charge is 0.140 e. The number of rotatable bonds is 4. The lowest BCUT2D eigenvalue weighted by Gasteiger charge is -2.36. The van der Waals surface area contributed by atoms with E-state index >= 15 is 0 Å². The molecule has 1 saturated heterocycles. The first-order valence-corrected chi connectivity index (χ1v) is 9.57. The molecule has 1 aliphatic heterocycles. The lowest BCUT2D eigenvalue weighted by Crippen LogP contribution is -2.47. The molecule has 2 aliphatic rings. The molecule has 138 valence electrons. The molecule has 7 nitrogen and oxygen atoms in total. The van der Waals surface area contributed by atoms with Gasteiger partial charge in [0.1, 0.15) is 29.6 Å². The first-order valence-electron chi connectivity index (χ1n) is 9.57. The maximum absolute atomic E-state index is 4.85. The Balaban J connectivity index is 1.29. The lowest BCUT2D eigenvalue weighted by molar-refractivity contribution is 0.639. The summed E-state index contributed by atoms with van der Waals surface area (Å²) in [7, 11) is 0. The third kappa shape index (κ3) is 3.25. The van der Waals surface area contributed by atoms with Crippen molar-refractivity contribution < 1.29 is 0 Å². The van der Waals surface area contributed by atoms with E-state index < -0.39 is 0 Å². The van der Waals surface area contributed by atoms with Gasteiger partial charge in [0.15, 0.2) is 0 Å². The molecule has 2 fully saturated rings. The summed E-state index contributed by atoms with van der Waals surface area (Å²) in [6, 6.07) is 8.35. The van der Waals surface area contributed by atoms with Gasteiger partial charge in [0.05, 0.1) is 0 Å². The number of hydrogen-bond acceptors (Lipinski definition) is 6. The molecular formula is C20H23N7. The molecule has 3 aromatic rings. The minimum atomic E-state index is 0.659. The van der Waals surface area contributed by atoms with Crippen LogP contribution in [0.1, 0.15) is 30.3 Å². The van der Waals surface area contributed by atoms with Gasteiger partial charge in [-0.15, -0.1) is 0 Å². The van der Waals surface area contributed by atoms with Gasteiger partial charge in [0.25, 0.3) is 0 Å². The summed E-state index contributed by atoms with van der Waals surface area (Å²) in [5.41, 5.74) is 1.20. The number of aromatic nitrogens is 5. The number of nitrogens with zero attached hydrogens (tertiary/aromatic N) is 7. The summed E-state index contributed by atoms with van der Waals surface area (Å²) in [4.78, 5) is 22.8. The molecule has 0 unspecified atom stereocenters. The Hall–Kier alpha value is -2.96. The van der Waals surface area contributed by atoms with E-state index in [1.165, 1.54) is 18.5 Å². The van der Waals surface area contributed by atoms with Crippen LogP contribution in [0.5, 0.6) is 0 Å². The van der Waals surface area contributed by atoms with Crippen molar-refractivity contribution in [2.75, 3.05) is 36.0 Å². The zero-order valence-corrected chi connectivity index (χ0v) is 15.5. The zero-order chi connectivity index (χ0) is 18.2. The van der Waals surface area contributed by atoms with E-state index in [4.69, 9.17) is 4.98 Å². The van der Waals surface area contributed by atoms with Gasteiger partial charge in [-0.05, 0) is 31.9 Å². The molecule has 0 spiro atoms. The summed E-state index contributed by atoms with van der Waals surface area (Å²) in [5.74, 6) is 4.59. The fourth-order valence-corrected chi connectivity index (χ4v) is 3.64. The summed E-state index contributed by atoms with van der Waals surface area (Å²) in [6.07, 6.45) is 8.01. The van der Waals surface area contributed by atoms with Crippen molar-refractivity contribution in [3.8, 4) is 5.82 Å². The molecule has 0 N–H and O–H groups in total. The second-order valence-electron chi connectivity index (χ2n) is 7.25. The Morgan fingerprint density at radius 3 is 2.33 bits per heavy atom. The van der Waals surface area contributed by atoms with Crippen molar-refractivity contribution >= 4 is 11.6 Å². The van der Waals surface area contributed by atoms with Crippen molar-refractivity contribution in [1.29, 1.82) is 0 Å². The van der Waals surface area contributed by atoms with Crippen molar-refractivity contribution in [1.82, 2.24) is 24.5 Å². The van der Waals surface area contributed by atoms with E-state index in [0.29, 0.717) is 5.92 Å². The number of anilines is 2. The lowest BCUT2D eigenvalue weighted by atomic mass is 10.2. The van der Waals surface area contributed by atoms with Crippen molar-refractivity contribution in [3.63, 3.8) is 0 Å². The van der Waals surface area contributed by atoms with Gasteiger partial charge in [-0.2, -0.15) is 0 Å². The Labute approximate surface area is 158 Å². The van der Waals surface area contributed by atoms with Crippen LogP contribution in [0, 0.1) is 6.92 Å². The Bertz CT molecular complexity index is 939. The topological polar surface area (TPSA) is 63.0 Å². The van der Waals surface area contributed by atoms with Gasteiger partial charge < -0.3 is 9.80 Å². The molecule has 7 heteroatoms. The first-order chi connectivity index (χ1) is 13.3. The average molecular weight is 361 g/mol. The highest BCUT2D eigenvalue weighted by molar-refractivity contribution is 5.47. The minimum Gasteiger partial charge on any atom is -0.353 e. The van der Waals surface area contributed by atoms with Crippen LogP contribution in [0.25, 0.3) is 5.82 Å². The molecule has 0 bridgehead atoms. The highest BCUT2D eigenvalue weighted by Gasteiger charge is 2.26. The second-order valence-corrected chi connectivity index (χ2v) is 7.25. The molecule has 1 aliphatic carbocycles. The SMILES string of the molecule is Cc1nccn1-c1cccc(N2CCN(c3cc(C4CC4)ncn3)CC2)n1.